The van der Waals surface area contributed by atoms with Crippen LogP contribution in [-0.4, -0.2) is 21.3 Å². The van der Waals surface area contributed by atoms with Gasteiger partial charge in [0.1, 0.15) is 23.4 Å². The third-order valence-corrected chi connectivity index (χ3v) is 3.08. The molecule has 8 heteroatoms. The van der Waals surface area contributed by atoms with Crippen molar-refractivity contribution in [3.05, 3.63) is 61.4 Å². The minimum atomic E-state index is -0.397. The summed E-state index contributed by atoms with van der Waals surface area (Å²) in [6.07, 6.45) is 2.52. The van der Waals surface area contributed by atoms with Gasteiger partial charge in [-0.05, 0) is 30.4 Å². The molecule has 1 aromatic carbocycles. The van der Waals surface area contributed by atoms with Crippen LogP contribution in [0.4, 0.5) is 5.82 Å². The zero-order valence-corrected chi connectivity index (χ0v) is 11.8. The summed E-state index contributed by atoms with van der Waals surface area (Å²) in [6.45, 7) is 0. The monoisotopic (exact) mass is 315 g/mol. The summed E-state index contributed by atoms with van der Waals surface area (Å²) < 4.78 is 5.45. The van der Waals surface area contributed by atoms with E-state index in [1.807, 2.05) is 0 Å². The molecule has 22 heavy (non-hydrogen) atoms. The van der Waals surface area contributed by atoms with Crippen molar-refractivity contribution in [1.29, 1.82) is 0 Å². The van der Waals surface area contributed by atoms with E-state index in [0.717, 1.165) is 0 Å². The minimum absolute atomic E-state index is 0.0347. The van der Waals surface area contributed by atoms with E-state index >= 15 is 0 Å². The molecule has 0 aliphatic carbocycles. The van der Waals surface area contributed by atoms with E-state index in [1.165, 1.54) is 36.7 Å². The molecule has 0 saturated carbocycles. The number of hydrogen-bond acceptors (Lipinski definition) is 6. The molecule has 110 valence electrons. The molecule has 0 unspecified atom stereocenters. The van der Waals surface area contributed by atoms with Crippen LogP contribution < -0.4 is 11.0 Å². The molecule has 2 heterocycles. The first-order chi connectivity index (χ1) is 10.5. The summed E-state index contributed by atoms with van der Waals surface area (Å²) in [5.41, 5.74) is -0.205. The second-order valence-corrected chi connectivity index (χ2v) is 4.84. The number of aromatic nitrogens is 2. The zero-order valence-electron chi connectivity index (χ0n) is 11.0. The quantitative estimate of drug-likeness (QED) is 0.494. The number of phenols is 1. The molecule has 0 radical (unpaired) electrons. The smallest absolute Gasteiger partial charge is 0.253 e. The van der Waals surface area contributed by atoms with Gasteiger partial charge in [-0.15, -0.1) is 0 Å². The number of aromatic amines is 2. The lowest BCUT2D eigenvalue weighted by Crippen LogP contribution is -2.08. The Morgan fingerprint density at radius 3 is 2.82 bits per heavy atom. The van der Waals surface area contributed by atoms with Crippen molar-refractivity contribution in [2.45, 2.75) is 0 Å². The van der Waals surface area contributed by atoms with Gasteiger partial charge >= 0.3 is 0 Å². The lowest BCUT2D eigenvalue weighted by atomic mass is 10.2. The summed E-state index contributed by atoms with van der Waals surface area (Å²) in [6, 6.07) is 5.45. The number of aromatic hydroxyl groups is 1. The summed E-state index contributed by atoms with van der Waals surface area (Å²) in [4.78, 5) is 32.6. The third kappa shape index (κ3) is 2.72. The van der Waals surface area contributed by atoms with Crippen LogP contribution in [0.3, 0.4) is 0 Å². The lowest BCUT2D eigenvalue weighted by Gasteiger charge is -1.99. The van der Waals surface area contributed by atoms with E-state index < -0.39 is 5.56 Å². The Labute approximate surface area is 127 Å². The number of hydrogen-bond donors (Lipinski definition) is 3. The van der Waals surface area contributed by atoms with Crippen LogP contribution in [0, 0.1) is 4.77 Å². The molecule has 0 atom stereocenters. The molecule has 3 rings (SSSR count). The highest BCUT2D eigenvalue weighted by atomic mass is 32.1. The molecule has 3 N–H and O–H groups in total. The molecule has 0 aliphatic rings. The molecule has 0 spiro atoms. The number of nitrogens with one attached hydrogen (secondary N) is 2. The van der Waals surface area contributed by atoms with Gasteiger partial charge in [0.2, 0.25) is 5.43 Å². The number of fused-ring (bicyclic) bond motifs is 1. The Kier molecular flexibility index (Phi) is 3.43. The van der Waals surface area contributed by atoms with Crippen molar-refractivity contribution in [1.82, 2.24) is 9.97 Å². The second kappa shape index (κ2) is 5.41. The maximum absolute atomic E-state index is 12.3. The second-order valence-electron chi connectivity index (χ2n) is 4.43. The summed E-state index contributed by atoms with van der Waals surface area (Å²) in [5.74, 6) is 0.178. The van der Waals surface area contributed by atoms with Gasteiger partial charge in [-0.1, -0.05) is 0 Å². The Morgan fingerprint density at radius 1 is 1.23 bits per heavy atom. The molecule has 2 aromatic heterocycles. The number of phenolic OH excluding ortho intramolecular Hbond substituents is 1. The average molecular weight is 315 g/mol. The van der Waals surface area contributed by atoms with Crippen LogP contribution in [0.15, 0.2) is 49.5 Å². The Hall–Kier alpha value is -3.00. The minimum Gasteiger partial charge on any atom is -0.508 e. The molecule has 3 aromatic rings. The highest BCUT2D eigenvalue weighted by Crippen LogP contribution is 2.17. The first kappa shape index (κ1) is 14.0. The molecule has 0 fully saturated rings. The summed E-state index contributed by atoms with van der Waals surface area (Å²) >= 11 is 4.83. The standard InChI is InChI=1S/C14H9N3O4S/c18-8-1-2-10-9(3-8)13(20)7(6-21-10)5-15-11-4-12(19)17-14(22)16-11/h1-6,18H,(H2,16,17,19,22)/b15-5+. The Bertz CT molecular complexity index is 1030. The largest absolute Gasteiger partial charge is 0.508 e. The molecule has 0 amide bonds. The van der Waals surface area contributed by atoms with E-state index in [1.54, 1.807) is 0 Å². The van der Waals surface area contributed by atoms with E-state index in [4.69, 9.17) is 16.6 Å². The van der Waals surface area contributed by atoms with Gasteiger partial charge in [0.15, 0.2) is 4.77 Å². The number of nitrogens with zero attached hydrogens (tertiary/aromatic N) is 1. The first-order valence-electron chi connectivity index (χ1n) is 6.15. The van der Waals surface area contributed by atoms with Gasteiger partial charge in [-0.3, -0.25) is 14.6 Å². The van der Waals surface area contributed by atoms with Crippen molar-refractivity contribution >= 4 is 35.2 Å². The molecule has 0 saturated heterocycles. The van der Waals surface area contributed by atoms with Crippen molar-refractivity contribution in [3.63, 3.8) is 0 Å². The van der Waals surface area contributed by atoms with Gasteiger partial charge in [-0.2, -0.15) is 0 Å². The van der Waals surface area contributed by atoms with Crippen LogP contribution >= 0.6 is 12.2 Å². The third-order valence-electron chi connectivity index (χ3n) is 2.87. The zero-order chi connectivity index (χ0) is 15.7. The Balaban J connectivity index is 2.09. The number of rotatable bonds is 2. The first-order valence-corrected chi connectivity index (χ1v) is 6.56. The van der Waals surface area contributed by atoms with Crippen molar-refractivity contribution in [3.8, 4) is 5.75 Å². The van der Waals surface area contributed by atoms with Crippen LogP contribution in [0.25, 0.3) is 11.0 Å². The highest BCUT2D eigenvalue weighted by molar-refractivity contribution is 7.71. The fraction of sp³-hybridized carbons (Fsp3) is 0. The summed E-state index contributed by atoms with van der Waals surface area (Å²) in [5, 5.41) is 9.68. The van der Waals surface area contributed by atoms with Crippen LogP contribution in [0.5, 0.6) is 5.75 Å². The molecule has 7 nitrogen and oxygen atoms in total. The van der Waals surface area contributed by atoms with E-state index in [0.29, 0.717) is 5.58 Å². The predicted octanol–water partition coefficient (Wildman–Crippen LogP) is 2.00. The molecular formula is C14H9N3O4S. The molecule has 0 aliphatic heterocycles. The SMILES string of the molecule is O=c1cc(/N=C/c2coc3ccc(O)cc3c2=O)[nH]c(=S)[nH]1. The normalized spacial score (nSPS) is 11.3. The van der Waals surface area contributed by atoms with Crippen LogP contribution in [-0.2, 0) is 0 Å². The van der Waals surface area contributed by atoms with Gasteiger partial charge in [-0.25, -0.2) is 4.99 Å². The van der Waals surface area contributed by atoms with E-state index in [9.17, 15) is 14.7 Å². The predicted molar refractivity (Wildman–Crippen MR) is 83.7 cm³/mol. The topological polar surface area (TPSA) is 111 Å². The maximum atomic E-state index is 12.3. The average Bonchev–Trinajstić information content (AvgIpc) is 2.46. The molecule has 0 bridgehead atoms. The van der Waals surface area contributed by atoms with Crippen LogP contribution in [0.2, 0.25) is 0 Å². The highest BCUT2D eigenvalue weighted by Gasteiger charge is 2.06. The van der Waals surface area contributed by atoms with Crippen LogP contribution in [0.1, 0.15) is 5.56 Å². The number of H-pyrrole nitrogens is 2. The van der Waals surface area contributed by atoms with Gasteiger partial charge in [0.05, 0.1) is 10.9 Å². The van der Waals surface area contributed by atoms with Gasteiger partial charge < -0.3 is 14.5 Å². The molecular weight excluding hydrogens is 306 g/mol. The maximum Gasteiger partial charge on any atom is 0.253 e. The number of benzene rings is 1. The fourth-order valence-electron chi connectivity index (χ4n) is 1.89. The number of aliphatic imine (C=N–C) groups is 1. The Morgan fingerprint density at radius 2 is 2.05 bits per heavy atom. The van der Waals surface area contributed by atoms with E-state index in [2.05, 4.69) is 15.0 Å². The van der Waals surface area contributed by atoms with Gasteiger partial charge in [0, 0.05) is 12.3 Å². The van der Waals surface area contributed by atoms with E-state index in [-0.39, 0.29) is 32.7 Å². The fourth-order valence-corrected chi connectivity index (χ4v) is 2.09. The van der Waals surface area contributed by atoms with Crippen molar-refractivity contribution < 1.29 is 9.52 Å². The lowest BCUT2D eigenvalue weighted by molar-refractivity contribution is 0.475. The van der Waals surface area contributed by atoms with Crippen molar-refractivity contribution in [2.24, 2.45) is 4.99 Å². The van der Waals surface area contributed by atoms with Gasteiger partial charge in [0.25, 0.3) is 5.56 Å². The van der Waals surface area contributed by atoms with Crippen molar-refractivity contribution in [2.75, 3.05) is 0 Å². The summed E-state index contributed by atoms with van der Waals surface area (Å²) in [7, 11) is 0.